The van der Waals surface area contributed by atoms with Crippen LogP contribution in [0.4, 0.5) is 5.69 Å². The highest BCUT2D eigenvalue weighted by Crippen LogP contribution is 2.31. The van der Waals surface area contributed by atoms with Gasteiger partial charge in [-0.2, -0.15) is 5.26 Å². The minimum atomic E-state index is -0.411. The van der Waals surface area contributed by atoms with E-state index in [0.717, 1.165) is 28.0 Å². The lowest BCUT2D eigenvalue weighted by Crippen LogP contribution is -2.14. The Hall–Kier alpha value is -3.06. The monoisotopic (exact) mass is 362 g/mol. The average molecular weight is 362 g/mol. The van der Waals surface area contributed by atoms with Crippen LogP contribution in [0, 0.1) is 25.2 Å². The number of hydrogen-bond donors (Lipinski definition) is 1. The predicted octanol–water partition coefficient (Wildman–Crippen LogP) is 5.37. The van der Waals surface area contributed by atoms with Gasteiger partial charge in [-0.1, -0.05) is 32.0 Å². The summed E-state index contributed by atoms with van der Waals surface area (Å²) < 4.78 is 5.74. The molecule has 1 amide bonds. The summed E-state index contributed by atoms with van der Waals surface area (Å²) in [5.74, 6) is 0.710. The van der Waals surface area contributed by atoms with Gasteiger partial charge in [-0.15, -0.1) is 0 Å². The first kappa shape index (κ1) is 20.3. The second kappa shape index (κ2) is 9.05. The second-order valence-corrected chi connectivity index (χ2v) is 6.77. The molecule has 0 saturated heterocycles. The van der Waals surface area contributed by atoms with Gasteiger partial charge in [0.1, 0.15) is 17.4 Å². The van der Waals surface area contributed by atoms with Crippen molar-refractivity contribution in [3.63, 3.8) is 0 Å². The van der Waals surface area contributed by atoms with E-state index in [1.165, 1.54) is 0 Å². The van der Waals surface area contributed by atoms with Crippen LogP contribution in [0.5, 0.6) is 5.75 Å². The zero-order valence-electron chi connectivity index (χ0n) is 16.6. The molecule has 2 aromatic rings. The van der Waals surface area contributed by atoms with Gasteiger partial charge in [0, 0.05) is 5.69 Å². The Bertz CT molecular complexity index is 905. The van der Waals surface area contributed by atoms with Crippen LogP contribution < -0.4 is 10.1 Å². The lowest BCUT2D eigenvalue weighted by atomic mass is 9.95. The van der Waals surface area contributed by atoms with Crippen LogP contribution in [0.25, 0.3) is 6.08 Å². The molecule has 2 rings (SSSR count). The molecule has 2 aromatic carbocycles. The smallest absolute Gasteiger partial charge is 0.266 e. The van der Waals surface area contributed by atoms with E-state index in [-0.39, 0.29) is 11.5 Å². The van der Waals surface area contributed by atoms with Gasteiger partial charge < -0.3 is 10.1 Å². The minimum Gasteiger partial charge on any atom is -0.494 e. The maximum absolute atomic E-state index is 12.6. The van der Waals surface area contributed by atoms with Crippen molar-refractivity contribution >= 4 is 17.7 Å². The Morgan fingerprint density at radius 3 is 2.52 bits per heavy atom. The topological polar surface area (TPSA) is 62.1 Å². The molecule has 27 heavy (non-hydrogen) atoms. The molecule has 0 aliphatic heterocycles. The number of para-hydroxylation sites is 1. The number of hydrogen-bond acceptors (Lipinski definition) is 3. The van der Waals surface area contributed by atoms with Crippen LogP contribution in [-0.2, 0) is 4.79 Å². The Labute approximate surface area is 161 Å². The summed E-state index contributed by atoms with van der Waals surface area (Å²) >= 11 is 0. The number of anilines is 1. The number of nitrogens with one attached hydrogen (secondary N) is 1. The van der Waals surface area contributed by atoms with E-state index in [2.05, 4.69) is 19.2 Å². The highest BCUT2D eigenvalue weighted by Gasteiger charge is 2.14. The lowest BCUT2D eigenvalue weighted by molar-refractivity contribution is -0.112. The summed E-state index contributed by atoms with van der Waals surface area (Å²) in [6.45, 7) is 10.6. The second-order valence-electron chi connectivity index (χ2n) is 6.77. The number of ether oxygens (including phenoxy) is 1. The Kier molecular flexibility index (Phi) is 6.79. The van der Waals surface area contributed by atoms with Crippen molar-refractivity contribution in [3.8, 4) is 11.8 Å². The lowest BCUT2D eigenvalue weighted by Gasteiger charge is -2.16. The molecule has 0 radical (unpaired) electrons. The predicted molar refractivity (Wildman–Crippen MR) is 110 cm³/mol. The first-order valence-corrected chi connectivity index (χ1v) is 9.13. The maximum Gasteiger partial charge on any atom is 0.266 e. The molecule has 0 unspecified atom stereocenters. The fourth-order valence-electron chi connectivity index (χ4n) is 2.81. The van der Waals surface area contributed by atoms with Gasteiger partial charge in [0.2, 0.25) is 0 Å². The van der Waals surface area contributed by atoms with Gasteiger partial charge in [-0.05, 0) is 73.2 Å². The molecule has 0 aliphatic carbocycles. The molecule has 0 fully saturated rings. The van der Waals surface area contributed by atoms with E-state index in [1.807, 2.05) is 63.2 Å². The van der Waals surface area contributed by atoms with E-state index in [0.29, 0.717) is 12.3 Å². The largest absolute Gasteiger partial charge is 0.494 e. The Balaban J connectivity index is 2.39. The van der Waals surface area contributed by atoms with Crippen LogP contribution in [0.3, 0.4) is 0 Å². The van der Waals surface area contributed by atoms with Gasteiger partial charge >= 0.3 is 0 Å². The van der Waals surface area contributed by atoms with Gasteiger partial charge in [0.05, 0.1) is 6.61 Å². The normalized spacial score (nSPS) is 11.2. The summed E-state index contributed by atoms with van der Waals surface area (Å²) in [4.78, 5) is 12.6. The molecule has 0 saturated carbocycles. The third kappa shape index (κ3) is 4.98. The molecule has 0 atom stereocenters. The SMILES string of the molecule is CCOc1cc(C)c(/C=C(\C#N)C(=O)Nc2ccccc2C)cc1C(C)C. The number of nitrogens with zero attached hydrogens (tertiary/aromatic N) is 1. The Morgan fingerprint density at radius 1 is 1.22 bits per heavy atom. The first-order valence-electron chi connectivity index (χ1n) is 9.13. The number of benzene rings is 2. The van der Waals surface area contributed by atoms with Gasteiger partial charge in [-0.3, -0.25) is 4.79 Å². The number of amides is 1. The molecule has 0 bridgehead atoms. The third-order valence-electron chi connectivity index (χ3n) is 4.38. The van der Waals surface area contributed by atoms with Crippen LogP contribution in [-0.4, -0.2) is 12.5 Å². The highest BCUT2D eigenvalue weighted by molar-refractivity contribution is 6.10. The van der Waals surface area contributed by atoms with Crippen molar-refractivity contribution < 1.29 is 9.53 Å². The average Bonchev–Trinajstić information content (AvgIpc) is 2.63. The number of nitriles is 1. The van der Waals surface area contributed by atoms with Crippen molar-refractivity contribution in [2.45, 2.75) is 40.5 Å². The maximum atomic E-state index is 12.6. The summed E-state index contributed by atoms with van der Waals surface area (Å²) in [6, 6.07) is 13.5. The minimum absolute atomic E-state index is 0.0696. The molecule has 4 nitrogen and oxygen atoms in total. The molecule has 140 valence electrons. The van der Waals surface area contributed by atoms with Crippen LogP contribution in [0.1, 0.15) is 48.9 Å². The fraction of sp³-hybridized carbons (Fsp3) is 0.304. The van der Waals surface area contributed by atoms with Crippen LogP contribution >= 0.6 is 0 Å². The number of rotatable bonds is 6. The summed E-state index contributed by atoms with van der Waals surface area (Å²) in [5.41, 5.74) is 4.58. The molecular formula is C23H26N2O2. The van der Waals surface area contributed by atoms with E-state index in [4.69, 9.17) is 4.74 Å². The summed E-state index contributed by atoms with van der Waals surface area (Å²) in [6.07, 6.45) is 1.64. The quantitative estimate of drug-likeness (QED) is 0.555. The standard InChI is InChI=1S/C23H26N2O2/c1-6-27-22-11-17(5)18(13-20(22)15(2)3)12-19(14-24)23(26)25-21-10-8-7-9-16(21)4/h7-13,15H,6H2,1-5H3,(H,25,26)/b19-12+. The van der Waals surface area contributed by atoms with Gasteiger partial charge in [0.25, 0.3) is 5.91 Å². The number of carbonyl (C=O) groups is 1. The van der Waals surface area contributed by atoms with Crippen LogP contribution in [0.2, 0.25) is 0 Å². The molecule has 4 heteroatoms. The number of aryl methyl sites for hydroxylation is 2. The number of carbonyl (C=O) groups excluding carboxylic acids is 1. The summed E-state index contributed by atoms with van der Waals surface area (Å²) in [7, 11) is 0. The Morgan fingerprint density at radius 2 is 1.93 bits per heavy atom. The van der Waals surface area contributed by atoms with E-state index >= 15 is 0 Å². The fourth-order valence-corrected chi connectivity index (χ4v) is 2.81. The third-order valence-corrected chi connectivity index (χ3v) is 4.38. The first-order chi connectivity index (χ1) is 12.9. The van der Waals surface area contributed by atoms with E-state index in [1.54, 1.807) is 6.08 Å². The van der Waals surface area contributed by atoms with Crippen molar-refractivity contribution in [2.75, 3.05) is 11.9 Å². The molecule has 0 heterocycles. The van der Waals surface area contributed by atoms with Crippen LogP contribution in [0.15, 0.2) is 42.0 Å². The van der Waals surface area contributed by atoms with Gasteiger partial charge in [0.15, 0.2) is 0 Å². The zero-order valence-corrected chi connectivity index (χ0v) is 16.6. The van der Waals surface area contributed by atoms with E-state index in [9.17, 15) is 10.1 Å². The van der Waals surface area contributed by atoms with Crippen molar-refractivity contribution in [1.82, 2.24) is 0 Å². The van der Waals surface area contributed by atoms with Gasteiger partial charge in [-0.25, -0.2) is 0 Å². The van der Waals surface area contributed by atoms with Crippen molar-refractivity contribution in [1.29, 1.82) is 5.26 Å². The molecule has 0 spiro atoms. The highest BCUT2D eigenvalue weighted by atomic mass is 16.5. The molecule has 0 aromatic heterocycles. The van der Waals surface area contributed by atoms with Crippen molar-refractivity contribution in [3.05, 3.63) is 64.2 Å². The molecule has 0 aliphatic rings. The molecule has 1 N–H and O–H groups in total. The zero-order chi connectivity index (χ0) is 20.0. The summed E-state index contributed by atoms with van der Waals surface area (Å²) in [5, 5.41) is 12.3. The van der Waals surface area contributed by atoms with E-state index < -0.39 is 5.91 Å². The molecular weight excluding hydrogens is 336 g/mol. The van der Waals surface area contributed by atoms with Crippen molar-refractivity contribution in [2.24, 2.45) is 0 Å².